The molecule has 1 saturated carbocycles. The molecular weight excluding hydrogens is 222 g/mol. The molecule has 2 rings (SSSR count). The fourth-order valence-corrected chi connectivity index (χ4v) is 3.10. The molecule has 0 radical (unpaired) electrons. The van der Waals surface area contributed by atoms with E-state index in [9.17, 15) is 4.79 Å². The maximum absolute atomic E-state index is 12.2. The zero-order chi connectivity index (χ0) is 13.0. The number of carbonyl (C=O) groups excluding carboxylic acids is 1. The SMILES string of the molecule is CC1CC(C)CC(C(=O)CNc2ccccc2)C1. The number of hydrogen-bond donors (Lipinski definition) is 1. The largest absolute Gasteiger partial charge is 0.378 e. The molecule has 1 aromatic carbocycles. The average Bonchev–Trinajstić information content (AvgIpc) is 2.36. The number of ketones is 1. The van der Waals surface area contributed by atoms with Crippen LogP contribution in [0.15, 0.2) is 30.3 Å². The summed E-state index contributed by atoms with van der Waals surface area (Å²) in [5, 5.41) is 3.22. The normalized spacial score (nSPS) is 27.8. The Labute approximate surface area is 110 Å². The first-order valence-corrected chi connectivity index (χ1v) is 6.96. The molecule has 1 aliphatic rings. The van der Waals surface area contributed by atoms with E-state index in [1.54, 1.807) is 0 Å². The Balaban J connectivity index is 1.84. The van der Waals surface area contributed by atoms with Gasteiger partial charge in [0.2, 0.25) is 0 Å². The highest BCUT2D eigenvalue weighted by Crippen LogP contribution is 2.33. The van der Waals surface area contributed by atoms with Gasteiger partial charge in [-0.1, -0.05) is 32.0 Å². The van der Waals surface area contributed by atoms with Gasteiger partial charge in [-0.3, -0.25) is 4.79 Å². The molecule has 2 heteroatoms. The lowest BCUT2D eigenvalue weighted by molar-refractivity contribution is -0.123. The van der Waals surface area contributed by atoms with Crippen molar-refractivity contribution >= 4 is 11.5 Å². The van der Waals surface area contributed by atoms with Gasteiger partial charge in [0.1, 0.15) is 0 Å². The molecule has 0 spiro atoms. The van der Waals surface area contributed by atoms with Crippen molar-refractivity contribution in [2.75, 3.05) is 11.9 Å². The molecule has 0 amide bonds. The second-order valence-corrected chi connectivity index (χ2v) is 5.80. The number of Topliss-reactive ketones (excluding diaryl/α,β-unsaturated/α-hetero) is 1. The van der Waals surface area contributed by atoms with Gasteiger partial charge in [0.25, 0.3) is 0 Å². The predicted molar refractivity (Wildman–Crippen MR) is 75.6 cm³/mol. The van der Waals surface area contributed by atoms with Crippen molar-refractivity contribution in [3.05, 3.63) is 30.3 Å². The molecule has 1 aliphatic carbocycles. The Hall–Kier alpha value is -1.31. The van der Waals surface area contributed by atoms with E-state index in [0.717, 1.165) is 18.5 Å². The van der Waals surface area contributed by atoms with E-state index in [-0.39, 0.29) is 5.92 Å². The standard InChI is InChI=1S/C16H23NO/c1-12-8-13(2)10-14(9-12)16(18)11-17-15-6-4-3-5-7-15/h3-7,12-14,17H,8-11H2,1-2H3. The fourth-order valence-electron chi connectivity index (χ4n) is 3.10. The topological polar surface area (TPSA) is 29.1 Å². The van der Waals surface area contributed by atoms with E-state index in [2.05, 4.69) is 19.2 Å². The number of nitrogens with one attached hydrogen (secondary N) is 1. The molecule has 0 aromatic heterocycles. The summed E-state index contributed by atoms with van der Waals surface area (Å²) in [5.74, 6) is 2.02. The number of carbonyl (C=O) groups is 1. The Bertz CT molecular complexity index is 377. The first-order chi connectivity index (χ1) is 8.65. The van der Waals surface area contributed by atoms with Crippen LogP contribution in [0.3, 0.4) is 0 Å². The van der Waals surface area contributed by atoms with Gasteiger partial charge in [-0.15, -0.1) is 0 Å². The Morgan fingerprint density at radius 1 is 1.11 bits per heavy atom. The lowest BCUT2D eigenvalue weighted by Gasteiger charge is -2.30. The van der Waals surface area contributed by atoms with Crippen molar-refractivity contribution < 1.29 is 4.79 Å². The Kier molecular flexibility index (Phi) is 4.40. The van der Waals surface area contributed by atoms with Gasteiger partial charge in [0.05, 0.1) is 6.54 Å². The van der Waals surface area contributed by atoms with Crippen molar-refractivity contribution in [3.8, 4) is 0 Å². The number of hydrogen-bond acceptors (Lipinski definition) is 2. The van der Waals surface area contributed by atoms with Gasteiger partial charge in [-0.25, -0.2) is 0 Å². The molecule has 0 saturated heterocycles. The van der Waals surface area contributed by atoms with Crippen LogP contribution < -0.4 is 5.32 Å². The highest BCUT2D eigenvalue weighted by molar-refractivity contribution is 5.85. The average molecular weight is 245 g/mol. The highest BCUT2D eigenvalue weighted by atomic mass is 16.1. The number of para-hydroxylation sites is 1. The van der Waals surface area contributed by atoms with E-state index in [1.165, 1.54) is 6.42 Å². The van der Waals surface area contributed by atoms with E-state index in [1.807, 2.05) is 30.3 Å². The molecule has 0 aliphatic heterocycles. The van der Waals surface area contributed by atoms with Crippen molar-refractivity contribution in [2.45, 2.75) is 33.1 Å². The van der Waals surface area contributed by atoms with Crippen LogP contribution in [0.5, 0.6) is 0 Å². The molecule has 2 nitrogen and oxygen atoms in total. The predicted octanol–water partition coefficient (Wildman–Crippen LogP) is 3.74. The third-order valence-corrected chi connectivity index (χ3v) is 3.87. The zero-order valence-corrected chi connectivity index (χ0v) is 11.4. The molecule has 1 fully saturated rings. The summed E-state index contributed by atoms with van der Waals surface area (Å²) in [6.07, 6.45) is 3.41. The van der Waals surface area contributed by atoms with Crippen molar-refractivity contribution in [1.82, 2.24) is 0 Å². The highest BCUT2D eigenvalue weighted by Gasteiger charge is 2.28. The summed E-state index contributed by atoms with van der Waals surface area (Å²) in [6, 6.07) is 9.95. The van der Waals surface area contributed by atoms with Crippen LogP contribution in [0.4, 0.5) is 5.69 Å². The third-order valence-electron chi connectivity index (χ3n) is 3.87. The monoisotopic (exact) mass is 245 g/mol. The Morgan fingerprint density at radius 3 is 2.33 bits per heavy atom. The second-order valence-electron chi connectivity index (χ2n) is 5.80. The summed E-state index contributed by atoms with van der Waals surface area (Å²) in [6.45, 7) is 5.00. The zero-order valence-electron chi connectivity index (χ0n) is 11.4. The molecule has 98 valence electrons. The third kappa shape index (κ3) is 3.59. The fraction of sp³-hybridized carbons (Fsp3) is 0.562. The lowest BCUT2D eigenvalue weighted by atomic mass is 9.75. The minimum atomic E-state index is 0.264. The molecule has 2 unspecified atom stereocenters. The van der Waals surface area contributed by atoms with Crippen LogP contribution in [0.1, 0.15) is 33.1 Å². The van der Waals surface area contributed by atoms with Crippen LogP contribution in [-0.2, 0) is 4.79 Å². The van der Waals surface area contributed by atoms with Crippen LogP contribution >= 0.6 is 0 Å². The number of rotatable bonds is 4. The van der Waals surface area contributed by atoms with Crippen LogP contribution in [0.25, 0.3) is 0 Å². The molecule has 1 N–H and O–H groups in total. The summed E-state index contributed by atoms with van der Waals surface area (Å²) >= 11 is 0. The smallest absolute Gasteiger partial charge is 0.154 e. The minimum Gasteiger partial charge on any atom is -0.378 e. The molecule has 18 heavy (non-hydrogen) atoms. The molecule has 1 aromatic rings. The van der Waals surface area contributed by atoms with Gasteiger partial charge in [0, 0.05) is 11.6 Å². The van der Waals surface area contributed by atoms with Crippen molar-refractivity contribution in [2.24, 2.45) is 17.8 Å². The van der Waals surface area contributed by atoms with E-state index in [0.29, 0.717) is 24.2 Å². The quantitative estimate of drug-likeness (QED) is 0.875. The van der Waals surface area contributed by atoms with E-state index < -0.39 is 0 Å². The maximum atomic E-state index is 12.2. The first-order valence-electron chi connectivity index (χ1n) is 6.96. The van der Waals surface area contributed by atoms with Crippen molar-refractivity contribution in [1.29, 1.82) is 0 Å². The van der Waals surface area contributed by atoms with Gasteiger partial charge in [-0.05, 0) is 43.2 Å². The van der Waals surface area contributed by atoms with Crippen molar-refractivity contribution in [3.63, 3.8) is 0 Å². The van der Waals surface area contributed by atoms with Crippen LogP contribution in [0, 0.1) is 17.8 Å². The van der Waals surface area contributed by atoms with Gasteiger partial charge in [-0.2, -0.15) is 0 Å². The summed E-state index contributed by atoms with van der Waals surface area (Å²) in [5.41, 5.74) is 1.03. The first kappa shape index (κ1) is 13.1. The lowest BCUT2D eigenvalue weighted by Crippen LogP contribution is -2.30. The van der Waals surface area contributed by atoms with Crippen LogP contribution in [-0.4, -0.2) is 12.3 Å². The summed E-state index contributed by atoms with van der Waals surface area (Å²) < 4.78 is 0. The van der Waals surface area contributed by atoms with Gasteiger partial charge in [0.15, 0.2) is 5.78 Å². The van der Waals surface area contributed by atoms with E-state index >= 15 is 0 Å². The number of benzene rings is 1. The second kappa shape index (κ2) is 6.03. The van der Waals surface area contributed by atoms with Crippen LogP contribution in [0.2, 0.25) is 0 Å². The maximum Gasteiger partial charge on any atom is 0.154 e. The summed E-state index contributed by atoms with van der Waals surface area (Å²) in [4.78, 5) is 12.2. The van der Waals surface area contributed by atoms with Gasteiger partial charge >= 0.3 is 0 Å². The molecule has 0 heterocycles. The molecular formula is C16H23NO. The molecule has 2 atom stereocenters. The Morgan fingerprint density at radius 2 is 1.72 bits per heavy atom. The van der Waals surface area contributed by atoms with Gasteiger partial charge < -0.3 is 5.32 Å². The van der Waals surface area contributed by atoms with E-state index in [4.69, 9.17) is 0 Å². The molecule has 0 bridgehead atoms. The minimum absolute atomic E-state index is 0.264. The summed E-state index contributed by atoms with van der Waals surface area (Å²) in [7, 11) is 0. The number of anilines is 1.